The van der Waals surface area contributed by atoms with Crippen molar-refractivity contribution in [3.05, 3.63) is 24.0 Å². The summed E-state index contributed by atoms with van der Waals surface area (Å²) in [6.45, 7) is 1.84. The van der Waals surface area contributed by atoms with Gasteiger partial charge in [-0.15, -0.1) is 0 Å². The number of hydrogen-bond acceptors (Lipinski definition) is 5. The van der Waals surface area contributed by atoms with E-state index < -0.39 is 11.8 Å². The van der Waals surface area contributed by atoms with Gasteiger partial charge in [-0.2, -0.15) is 5.10 Å². The molecule has 1 aromatic rings. The van der Waals surface area contributed by atoms with Gasteiger partial charge in [0.2, 0.25) is 5.17 Å². The van der Waals surface area contributed by atoms with E-state index in [1.54, 1.807) is 6.92 Å². The van der Waals surface area contributed by atoms with Crippen molar-refractivity contribution in [3.8, 4) is 5.75 Å². The molecule has 0 radical (unpaired) electrons. The van der Waals surface area contributed by atoms with E-state index >= 15 is 0 Å². The minimum absolute atomic E-state index is 0.112. The van der Waals surface area contributed by atoms with Crippen LogP contribution >= 0.6 is 11.6 Å². The lowest BCUT2D eigenvalue weighted by Gasteiger charge is -2.05. The number of anilines is 1. The van der Waals surface area contributed by atoms with Crippen LogP contribution in [0.1, 0.15) is 6.92 Å². The van der Waals surface area contributed by atoms with E-state index in [9.17, 15) is 9.18 Å². The summed E-state index contributed by atoms with van der Waals surface area (Å²) in [5.41, 5.74) is 2.76. The number of rotatable bonds is 5. The minimum Gasteiger partial charge on any atom is -0.494 e. The molecule has 0 unspecified atom stereocenters. The number of benzene rings is 1. The summed E-state index contributed by atoms with van der Waals surface area (Å²) in [5, 5.41) is 3.19. The molecule has 18 heavy (non-hydrogen) atoms. The Labute approximate surface area is 109 Å². The Balaban J connectivity index is 2.71. The molecule has 1 N–H and O–H groups in total. The van der Waals surface area contributed by atoms with Gasteiger partial charge < -0.3 is 9.47 Å². The van der Waals surface area contributed by atoms with E-state index in [0.29, 0.717) is 5.69 Å². The number of nitrogens with zero attached hydrogens (tertiary/aromatic N) is 1. The topological polar surface area (TPSA) is 59.9 Å². The Morgan fingerprint density at radius 1 is 1.56 bits per heavy atom. The number of carbonyl (C=O) groups is 1. The molecule has 0 fully saturated rings. The highest BCUT2D eigenvalue weighted by molar-refractivity contribution is 6.82. The predicted molar refractivity (Wildman–Crippen MR) is 66.5 cm³/mol. The SMILES string of the molecule is CCOC(=O)C(Cl)=NNc1ccc(OC)c(F)c1. The molecule has 7 heteroatoms. The molecule has 0 spiro atoms. The fourth-order valence-electron chi connectivity index (χ4n) is 1.09. The van der Waals surface area contributed by atoms with E-state index in [1.165, 1.54) is 19.2 Å². The molecule has 0 aromatic heterocycles. The normalized spacial score (nSPS) is 11.0. The number of ether oxygens (including phenoxy) is 2. The third-order valence-corrected chi connectivity index (χ3v) is 2.12. The number of esters is 1. The molecule has 0 amide bonds. The van der Waals surface area contributed by atoms with Gasteiger partial charge in [-0.1, -0.05) is 11.6 Å². The first kappa shape index (κ1) is 14.2. The summed E-state index contributed by atoms with van der Waals surface area (Å²) in [6, 6.07) is 4.11. The largest absolute Gasteiger partial charge is 0.494 e. The van der Waals surface area contributed by atoms with Crippen LogP contribution in [0.3, 0.4) is 0 Å². The summed E-state index contributed by atoms with van der Waals surface area (Å²) in [5.74, 6) is -1.19. The molecule has 98 valence electrons. The number of halogens is 2. The lowest BCUT2D eigenvalue weighted by Crippen LogP contribution is -2.13. The Morgan fingerprint density at radius 2 is 2.28 bits per heavy atom. The molecule has 0 aliphatic carbocycles. The van der Waals surface area contributed by atoms with Crippen LogP contribution in [0.4, 0.5) is 10.1 Å². The Kier molecular flexibility index (Phi) is 5.38. The van der Waals surface area contributed by atoms with Crippen molar-refractivity contribution in [1.82, 2.24) is 0 Å². The van der Waals surface area contributed by atoms with E-state index in [1.807, 2.05) is 0 Å². The van der Waals surface area contributed by atoms with Crippen LogP contribution in [0.25, 0.3) is 0 Å². The predicted octanol–water partition coefficient (Wildman–Crippen LogP) is 2.36. The quantitative estimate of drug-likeness (QED) is 0.509. The Morgan fingerprint density at radius 3 is 2.83 bits per heavy atom. The molecule has 1 aromatic carbocycles. The molecule has 0 atom stereocenters. The highest BCUT2D eigenvalue weighted by Crippen LogP contribution is 2.20. The summed E-state index contributed by atoms with van der Waals surface area (Å²) in [6.07, 6.45) is 0. The molecule has 0 bridgehead atoms. The van der Waals surface area contributed by atoms with Crippen LogP contribution in [-0.2, 0) is 9.53 Å². The second kappa shape index (κ2) is 6.80. The first-order valence-corrected chi connectivity index (χ1v) is 5.46. The average Bonchev–Trinajstić information content (AvgIpc) is 2.36. The van der Waals surface area contributed by atoms with E-state index in [0.717, 1.165) is 6.07 Å². The number of methoxy groups -OCH3 is 1. The van der Waals surface area contributed by atoms with Crippen LogP contribution in [0.2, 0.25) is 0 Å². The Hall–Kier alpha value is -1.82. The number of hydrazone groups is 1. The highest BCUT2D eigenvalue weighted by atomic mass is 35.5. The molecule has 0 saturated heterocycles. The van der Waals surface area contributed by atoms with Gasteiger partial charge in [0.25, 0.3) is 0 Å². The molecular weight excluding hydrogens is 263 g/mol. The lowest BCUT2D eigenvalue weighted by molar-refractivity contribution is -0.134. The van der Waals surface area contributed by atoms with E-state index in [-0.39, 0.29) is 17.5 Å². The molecule has 5 nitrogen and oxygen atoms in total. The van der Waals surface area contributed by atoms with Crippen LogP contribution in [0, 0.1) is 5.82 Å². The lowest BCUT2D eigenvalue weighted by atomic mass is 10.3. The molecule has 0 aliphatic rings. The van der Waals surface area contributed by atoms with Crippen molar-refractivity contribution in [2.75, 3.05) is 19.1 Å². The standard InChI is InChI=1S/C11H12ClFN2O3/c1-3-18-11(16)10(12)15-14-7-4-5-9(17-2)8(13)6-7/h4-6,14H,3H2,1-2H3. The maximum absolute atomic E-state index is 13.3. The smallest absolute Gasteiger partial charge is 0.370 e. The summed E-state index contributed by atoms with van der Waals surface area (Å²) in [4.78, 5) is 11.1. The monoisotopic (exact) mass is 274 g/mol. The zero-order valence-electron chi connectivity index (χ0n) is 9.87. The Bertz CT molecular complexity index is 466. The maximum Gasteiger partial charge on any atom is 0.370 e. The molecular formula is C11H12ClFN2O3. The van der Waals surface area contributed by atoms with Crippen molar-refractivity contribution in [2.24, 2.45) is 5.10 Å². The van der Waals surface area contributed by atoms with Gasteiger partial charge in [0.05, 0.1) is 19.4 Å². The first-order chi connectivity index (χ1) is 8.58. The molecule has 0 saturated carbocycles. The summed E-state index contributed by atoms with van der Waals surface area (Å²) < 4.78 is 22.7. The second-order valence-corrected chi connectivity index (χ2v) is 3.44. The van der Waals surface area contributed by atoms with E-state index in [2.05, 4.69) is 15.3 Å². The third-order valence-electron chi connectivity index (χ3n) is 1.88. The van der Waals surface area contributed by atoms with Crippen molar-refractivity contribution in [3.63, 3.8) is 0 Å². The van der Waals surface area contributed by atoms with Crippen LogP contribution in [0.15, 0.2) is 23.3 Å². The second-order valence-electron chi connectivity index (χ2n) is 3.08. The van der Waals surface area contributed by atoms with Gasteiger partial charge >= 0.3 is 5.97 Å². The van der Waals surface area contributed by atoms with Crippen molar-refractivity contribution in [2.45, 2.75) is 6.92 Å². The zero-order chi connectivity index (χ0) is 13.5. The zero-order valence-corrected chi connectivity index (χ0v) is 10.6. The van der Waals surface area contributed by atoms with Gasteiger partial charge in [-0.05, 0) is 19.1 Å². The highest BCUT2D eigenvalue weighted by Gasteiger charge is 2.09. The van der Waals surface area contributed by atoms with Crippen LogP contribution in [-0.4, -0.2) is 24.9 Å². The minimum atomic E-state index is -0.749. The van der Waals surface area contributed by atoms with Crippen molar-refractivity contribution in [1.29, 1.82) is 0 Å². The van der Waals surface area contributed by atoms with Gasteiger partial charge in [-0.25, -0.2) is 9.18 Å². The number of nitrogens with one attached hydrogen (secondary N) is 1. The summed E-state index contributed by atoms with van der Waals surface area (Å²) >= 11 is 5.55. The third kappa shape index (κ3) is 3.89. The molecule has 0 aliphatic heterocycles. The van der Waals surface area contributed by atoms with Crippen molar-refractivity contribution >= 4 is 28.4 Å². The van der Waals surface area contributed by atoms with Crippen molar-refractivity contribution < 1.29 is 18.7 Å². The first-order valence-electron chi connectivity index (χ1n) is 5.08. The fourth-order valence-corrected chi connectivity index (χ4v) is 1.18. The molecule has 1 rings (SSSR count). The molecule has 0 heterocycles. The van der Waals surface area contributed by atoms with Gasteiger partial charge in [0, 0.05) is 6.07 Å². The van der Waals surface area contributed by atoms with Crippen LogP contribution < -0.4 is 10.2 Å². The van der Waals surface area contributed by atoms with E-state index in [4.69, 9.17) is 16.3 Å². The fraction of sp³-hybridized carbons (Fsp3) is 0.273. The maximum atomic E-state index is 13.3. The average molecular weight is 275 g/mol. The van der Waals surface area contributed by atoms with Crippen LogP contribution in [0.5, 0.6) is 5.75 Å². The number of carbonyl (C=O) groups excluding carboxylic acids is 1. The summed E-state index contributed by atoms with van der Waals surface area (Å²) in [7, 11) is 1.36. The van der Waals surface area contributed by atoms with Gasteiger partial charge in [0.1, 0.15) is 0 Å². The number of hydrogen-bond donors (Lipinski definition) is 1. The van der Waals surface area contributed by atoms with Gasteiger partial charge in [0.15, 0.2) is 11.6 Å². The van der Waals surface area contributed by atoms with Gasteiger partial charge in [-0.3, -0.25) is 5.43 Å².